The summed E-state index contributed by atoms with van der Waals surface area (Å²) >= 11 is 0. The SMILES string of the molecule is CCCCOCC1CCNCC1. The zero-order valence-corrected chi connectivity index (χ0v) is 8.14. The fourth-order valence-corrected chi connectivity index (χ4v) is 1.54. The molecule has 1 N–H and O–H groups in total. The lowest BCUT2D eigenvalue weighted by molar-refractivity contribution is 0.0859. The van der Waals surface area contributed by atoms with Crippen LogP contribution < -0.4 is 5.32 Å². The molecule has 0 aromatic rings. The van der Waals surface area contributed by atoms with Gasteiger partial charge < -0.3 is 10.1 Å². The van der Waals surface area contributed by atoms with E-state index in [4.69, 9.17) is 4.74 Å². The summed E-state index contributed by atoms with van der Waals surface area (Å²) in [5, 5.41) is 3.36. The van der Waals surface area contributed by atoms with Gasteiger partial charge in [-0.25, -0.2) is 0 Å². The van der Waals surface area contributed by atoms with E-state index in [0.29, 0.717) is 0 Å². The van der Waals surface area contributed by atoms with Crippen molar-refractivity contribution in [2.75, 3.05) is 26.3 Å². The number of ether oxygens (including phenoxy) is 1. The van der Waals surface area contributed by atoms with Crippen molar-refractivity contribution in [3.8, 4) is 0 Å². The summed E-state index contributed by atoms with van der Waals surface area (Å²) in [4.78, 5) is 0. The molecule has 0 aromatic heterocycles. The summed E-state index contributed by atoms with van der Waals surface area (Å²) in [5.74, 6) is 0.822. The van der Waals surface area contributed by atoms with Crippen molar-refractivity contribution >= 4 is 0 Å². The first-order valence-electron chi connectivity index (χ1n) is 5.22. The van der Waals surface area contributed by atoms with E-state index >= 15 is 0 Å². The molecule has 0 aliphatic carbocycles. The average Bonchev–Trinajstić information content (AvgIpc) is 2.14. The number of rotatable bonds is 5. The third-order valence-corrected chi connectivity index (χ3v) is 2.45. The number of hydrogen-bond donors (Lipinski definition) is 1. The van der Waals surface area contributed by atoms with Gasteiger partial charge >= 0.3 is 0 Å². The molecule has 0 amide bonds. The van der Waals surface area contributed by atoms with Gasteiger partial charge in [0, 0.05) is 13.2 Å². The van der Waals surface area contributed by atoms with Gasteiger partial charge in [0.1, 0.15) is 0 Å². The van der Waals surface area contributed by atoms with Crippen LogP contribution in [0.3, 0.4) is 0 Å². The van der Waals surface area contributed by atoms with Crippen LogP contribution in [0, 0.1) is 5.92 Å². The molecule has 0 saturated carbocycles. The lowest BCUT2D eigenvalue weighted by atomic mass is 9.99. The highest BCUT2D eigenvalue weighted by Crippen LogP contribution is 2.11. The smallest absolute Gasteiger partial charge is 0.0495 e. The highest BCUT2D eigenvalue weighted by molar-refractivity contribution is 4.67. The first kappa shape index (κ1) is 10.0. The topological polar surface area (TPSA) is 21.3 Å². The standard InChI is InChI=1S/C10H21NO/c1-2-3-8-12-9-10-4-6-11-7-5-10/h10-11H,2-9H2,1H3. The molecule has 1 fully saturated rings. The lowest BCUT2D eigenvalue weighted by Gasteiger charge is -2.22. The van der Waals surface area contributed by atoms with Crippen molar-refractivity contribution in [3.63, 3.8) is 0 Å². The van der Waals surface area contributed by atoms with Gasteiger partial charge in [-0.3, -0.25) is 0 Å². The minimum absolute atomic E-state index is 0.822. The van der Waals surface area contributed by atoms with Gasteiger partial charge in [-0.15, -0.1) is 0 Å². The number of nitrogens with one attached hydrogen (secondary N) is 1. The van der Waals surface area contributed by atoms with Crippen LogP contribution in [-0.2, 0) is 4.74 Å². The molecule has 12 heavy (non-hydrogen) atoms. The van der Waals surface area contributed by atoms with Gasteiger partial charge in [0.05, 0.1) is 0 Å². The zero-order valence-electron chi connectivity index (χ0n) is 8.14. The Hall–Kier alpha value is -0.0800. The molecule has 0 aromatic carbocycles. The Morgan fingerprint density at radius 3 is 2.75 bits per heavy atom. The quantitative estimate of drug-likeness (QED) is 0.637. The summed E-state index contributed by atoms with van der Waals surface area (Å²) in [6, 6.07) is 0. The van der Waals surface area contributed by atoms with Crippen LogP contribution in [0.1, 0.15) is 32.6 Å². The molecule has 0 radical (unpaired) electrons. The molecular weight excluding hydrogens is 150 g/mol. The van der Waals surface area contributed by atoms with Crippen LogP contribution >= 0.6 is 0 Å². The van der Waals surface area contributed by atoms with E-state index < -0.39 is 0 Å². The monoisotopic (exact) mass is 171 g/mol. The van der Waals surface area contributed by atoms with Crippen molar-refractivity contribution in [1.29, 1.82) is 0 Å². The fraction of sp³-hybridized carbons (Fsp3) is 1.00. The number of hydrogen-bond acceptors (Lipinski definition) is 2. The summed E-state index contributed by atoms with van der Waals surface area (Å²) < 4.78 is 5.59. The summed E-state index contributed by atoms with van der Waals surface area (Å²) in [6.07, 6.45) is 5.05. The zero-order chi connectivity index (χ0) is 8.65. The Balaban J connectivity index is 1.91. The molecule has 0 spiro atoms. The van der Waals surface area contributed by atoms with Gasteiger partial charge in [0.15, 0.2) is 0 Å². The van der Waals surface area contributed by atoms with Crippen molar-refractivity contribution < 1.29 is 4.74 Å². The molecule has 1 aliphatic heterocycles. The number of unbranched alkanes of at least 4 members (excludes halogenated alkanes) is 1. The van der Waals surface area contributed by atoms with E-state index in [1.54, 1.807) is 0 Å². The fourth-order valence-electron chi connectivity index (χ4n) is 1.54. The van der Waals surface area contributed by atoms with Crippen LogP contribution in [-0.4, -0.2) is 26.3 Å². The Morgan fingerprint density at radius 1 is 1.33 bits per heavy atom. The Labute approximate surface area is 75.7 Å². The second kappa shape index (κ2) is 6.44. The highest BCUT2D eigenvalue weighted by atomic mass is 16.5. The maximum absolute atomic E-state index is 5.59. The molecular formula is C10H21NO. The van der Waals surface area contributed by atoms with E-state index in [9.17, 15) is 0 Å². The van der Waals surface area contributed by atoms with Gasteiger partial charge in [-0.2, -0.15) is 0 Å². The van der Waals surface area contributed by atoms with Crippen LogP contribution in [0.4, 0.5) is 0 Å². The van der Waals surface area contributed by atoms with Gasteiger partial charge in [0.2, 0.25) is 0 Å². The Morgan fingerprint density at radius 2 is 2.08 bits per heavy atom. The summed E-state index contributed by atoms with van der Waals surface area (Å²) in [7, 11) is 0. The van der Waals surface area contributed by atoms with Crippen molar-refractivity contribution in [1.82, 2.24) is 5.32 Å². The molecule has 0 bridgehead atoms. The molecule has 1 aliphatic rings. The van der Waals surface area contributed by atoms with Gasteiger partial charge in [-0.1, -0.05) is 13.3 Å². The summed E-state index contributed by atoms with van der Waals surface area (Å²) in [6.45, 7) is 6.51. The molecule has 72 valence electrons. The van der Waals surface area contributed by atoms with Crippen LogP contribution in [0.15, 0.2) is 0 Å². The van der Waals surface area contributed by atoms with Crippen molar-refractivity contribution in [2.24, 2.45) is 5.92 Å². The van der Waals surface area contributed by atoms with Gasteiger partial charge in [0.25, 0.3) is 0 Å². The van der Waals surface area contributed by atoms with Crippen LogP contribution in [0.25, 0.3) is 0 Å². The Kier molecular flexibility index (Phi) is 5.37. The first-order chi connectivity index (χ1) is 5.93. The second-order valence-electron chi connectivity index (χ2n) is 3.62. The maximum Gasteiger partial charge on any atom is 0.0495 e. The first-order valence-corrected chi connectivity index (χ1v) is 5.22. The third kappa shape index (κ3) is 4.07. The second-order valence-corrected chi connectivity index (χ2v) is 3.62. The minimum Gasteiger partial charge on any atom is -0.381 e. The predicted octanol–water partition coefficient (Wildman–Crippen LogP) is 1.80. The van der Waals surface area contributed by atoms with E-state index in [-0.39, 0.29) is 0 Å². The largest absolute Gasteiger partial charge is 0.381 e. The minimum atomic E-state index is 0.822. The summed E-state index contributed by atoms with van der Waals surface area (Å²) in [5.41, 5.74) is 0. The van der Waals surface area contributed by atoms with E-state index in [1.165, 1.54) is 38.8 Å². The average molecular weight is 171 g/mol. The molecule has 0 unspecified atom stereocenters. The highest BCUT2D eigenvalue weighted by Gasteiger charge is 2.12. The van der Waals surface area contributed by atoms with Gasteiger partial charge in [-0.05, 0) is 38.3 Å². The van der Waals surface area contributed by atoms with E-state index in [2.05, 4.69) is 12.2 Å². The van der Waals surface area contributed by atoms with E-state index in [0.717, 1.165) is 19.1 Å². The lowest BCUT2D eigenvalue weighted by Crippen LogP contribution is -2.30. The molecule has 2 nitrogen and oxygen atoms in total. The van der Waals surface area contributed by atoms with Crippen molar-refractivity contribution in [2.45, 2.75) is 32.6 Å². The van der Waals surface area contributed by atoms with E-state index in [1.807, 2.05) is 0 Å². The molecule has 1 rings (SSSR count). The molecule has 0 atom stereocenters. The number of piperidine rings is 1. The van der Waals surface area contributed by atoms with Crippen LogP contribution in [0.2, 0.25) is 0 Å². The van der Waals surface area contributed by atoms with Crippen molar-refractivity contribution in [3.05, 3.63) is 0 Å². The third-order valence-electron chi connectivity index (χ3n) is 2.45. The maximum atomic E-state index is 5.59. The predicted molar refractivity (Wildman–Crippen MR) is 51.3 cm³/mol. The normalized spacial score (nSPS) is 19.8. The Bertz CT molecular complexity index is 100. The van der Waals surface area contributed by atoms with Crippen LogP contribution in [0.5, 0.6) is 0 Å². The molecule has 1 heterocycles. The molecule has 1 saturated heterocycles. The molecule has 2 heteroatoms.